The molecule has 1 fully saturated rings. The van der Waals surface area contributed by atoms with Crippen LogP contribution in [0.15, 0.2) is 84.9 Å². The van der Waals surface area contributed by atoms with E-state index in [1.165, 1.54) is 0 Å². The minimum Gasteiger partial charge on any atom is -0.379 e. The van der Waals surface area contributed by atoms with Crippen molar-refractivity contribution in [3.05, 3.63) is 107 Å². The van der Waals surface area contributed by atoms with Crippen molar-refractivity contribution >= 4 is 5.91 Å². The number of nitrogens with one attached hydrogen (secondary N) is 1. The number of ether oxygens (including phenoxy) is 1. The SMILES string of the molecule is O=C(NC(c1ccccc1)c1ccccc1)c1cccc(CN2CCOCC2)c1. The Hall–Kier alpha value is -2.95. The highest BCUT2D eigenvalue weighted by molar-refractivity contribution is 5.94. The van der Waals surface area contributed by atoms with Gasteiger partial charge in [0.25, 0.3) is 5.91 Å². The zero-order valence-electron chi connectivity index (χ0n) is 16.5. The Morgan fingerprint density at radius 3 is 2.10 bits per heavy atom. The van der Waals surface area contributed by atoms with E-state index in [-0.39, 0.29) is 11.9 Å². The van der Waals surface area contributed by atoms with E-state index in [0.29, 0.717) is 5.56 Å². The van der Waals surface area contributed by atoms with E-state index in [2.05, 4.69) is 16.3 Å². The molecule has 1 amide bonds. The zero-order chi connectivity index (χ0) is 19.9. The van der Waals surface area contributed by atoms with Crippen molar-refractivity contribution in [1.29, 1.82) is 0 Å². The number of rotatable bonds is 6. The highest BCUT2D eigenvalue weighted by Gasteiger charge is 2.18. The van der Waals surface area contributed by atoms with Crippen LogP contribution < -0.4 is 5.32 Å². The molecular formula is C25H26N2O2. The molecule has 0 unspecified atom stereocenters. The second-order valence-corrected chi connectivity index (χ2v) is 7.32. The van der Waals surface area contributed by atoms with Gasteiger partial charge in [0.05, 0.1) is 19.3 Å². The van der Waals surface area contributed by atoms with Crippen LogP contribution in [0.3, 0.4) is 0 Å². The number of hydrogen-bond donors (Lipinski definition) is 1. The van der Waals surface area contributed by atoms with Crippen molar-refractivity contribution in [2.75, 3.05) is 26.3 Å². The minimum absolute atomic E-state index is 0.0634. The summed E-state index contributed by atoms with van der Waals surface area (Å²) in [4.78, 5) is 15.5. The number of benzene rings is 3. The van der Waals surface area contributed by atoms with Gasteiger partial charge in [-0.15, -0.1) is 0 Å². The third-order valence-corrected chi connectivity index (χ3v) is 5.24. The largest absolute Gasteiger partial charge is 0.379 e. The molecule has 3 aromatic rings. The second kappa shape index (κ2) is 9.50. The van der Waals surface area contributed by atoms with Crippen LogP contribution in [0.25, 0.3) is 0 Å². The first-order valence-electron chi connectivity index (χ1n) is 10.1. The first-order valence-corrected chi connectivity index (χ1v) is 10.1. The summed E-state index contributed by atoms with van der Waals surface area (Å²) in [7, 11) is 0. The van der Waals surface area contributed by atoms with E-state index >= 15 is 0 Å². The Balaban J connectivity index is 1.52. The van der Waals surface area contributed by atoms with Crippen LogP contribution >= 0.6 is 0 Å². The molecule has 1 heterocycles. The molecule has 3 aromatic carbocycles. The van der Waals surface area contributed by atoms with Crippen molar-refractivity contribution in [3.63, 3.8) is 0 Å². The van der Waals surface area contributed by atoms with Crippen LogP contribution in [-0.2, 0) is 11.3 Å². The van der Waals surface area contributed by atoms with Gasteiger partial charge in [0, 0.05) is 25.2 Å². The average molecular weight is 386 g/mol. The first kappa shape index (κ1) is 19.4. The van der Waals surface area contributed by atoms with Gasteiger partial charge in [-0.1, -0.05) is 72.8 Å². The van der Waals surface area contributed by atoms with Crippen LogP contribution in [0, 0.1) is 0 Å². The summed E-state index contributed by atoms with van der Waals surface area (Å²) in [6.07, 6.45) is 0. The fourth-order valence-electron chi connectivity index (χ4n) is 3.69. The number of hydrogen-bond acceptors (Lipinski definition) is 3. The van der Waals surface area contributed by atoms with Crippen LogP contribution in [0.4, 0.5) is 0 Å². The molecule has 4 heteroatoms. The van der Waals surface area contributed by atoms with Gasteiger partial charge in [-0.3, -0.25) is 9.69 Å². The van der Waals surface area contributed by atoms with Crippen LogP contribution in [-0.4, -0.2) is 37.1 Å². The Kier molecular flexibility index (Phi) is 6.35. The van der Waals surface area contributed by atoms with E-state index in [4.69, 9.17) is 4.74 Å². The van der Waals surface area contributed by atoms with Gasteiger partial charge in [-0.05, 0) is 28.8 Å². The number of morpholine rings is 1. The van der Waals surface area contributed by atoms with Crippen molar-refractivity contribution in [3.8, 4) is 0 Å². The minimum atomic E-state index is -0.187. The van der Waals surface area contributed by atoms with Gasteiger partial charge in [0.2, 0.25) is 0 Å². The molecule has 1 aliphatic rings. The molecule has 4 nitrogen and oxygen atoms in total. The normalized spacial score (nSPS) is 14.7. The lowest BCUT2D eigenvalue weighted by Gasteiger charge is -2.26. The number of carbonyl (C=O) groups is 1. The predicted octanol–water partition coefficient (Wildman–Crippen LogP) is 4.04. The van der Waals surface area contributed by atoms with Crippen molar-refractivity contribution in [2.24, 2.45) is 0 Å². The molecule has 1 N–H and O–H groups in total. The summed E-state index contributed by atoms with van der Waals surface area (Å²) < 4.78 is 5.42. The standard InChI is InChI=1S/C25H26N2O2/c28-25(23-13-7-8-20(18-23)19-27-14-16-29-17-15-27)26-24(21-9-3-1-4-10-21)22-11-5-2-6-12-22/h1-13,18,24H,14-17,19H2,(H,26,28). The molecule has 0 bridgehead atoms. The summed E-state index contributed by atoms with van der Waals surface area (Å²) in [6, 6.07) is 27.9. The number of carbonyl (C=O) groups excluding carboxylic acids is 1. The van der Waals surface area contributed by atoms with Crippen LogP contribution in [0.1, 0.15) is 33.1 Å². The highest BCUT2D eigenvalue weighted by Crippen LogP contribution is 2.22. The molecule has 1 saturated heterocycles. The second-order valence-electron chi connectivity index (χ2n) is 7.32. The van der Waals surface area contributed by atoms with Crippen molar-refractivity contribution in [2.45, 2.75) is 12.6 Å². The molecule has 0 aromatic heterocycles. The summed E-state index contributed by atoms with van der Waals surface area (Å²) >= 11 is 0. The quantitative estimate of drug-likeness (QED) is 0.695. The van der Waals surface area contributed by atoms with E-state index in [9.17, 15) is 4.79 Å². The molecule has 4 rings (SSSR count). The zero-order valence-corrected chi connectivity index (χ0v) is 16.5. The van der Waals surface area contributed by atoms with Gasteiger partial charge in [-0.25, -0.2) is 0 Å². The lowest BCUT2D eigenvalue weighted by Crippen LogP contribution is -2.35. The Labute approximate surface area is 172 Å². The molecule has 148 valence electrons. The molecule has 0 saturated carbocycles. The summed E-state index contributed by atoms with van der Waals surface area (Å²) in [5.74, 6) is -0.0634. The number of amides is 1. The summed E-state index contributed by atoms with van der Waals surface area (Å²) in [5, 5.41) is 3.22. The van der Waals surface area contributed by atoms with Crippen molar-refractivity contribution < 1.29 is 9.53 Å². The molecule has 0 spiro atoms. The van der Waals surface area contributed by atoms with E-state index < -0.39 is 0 Å². The Morgan fingerprint density at radius 1 is 0.862 bits per heavy atom. The molecule has 0 aliphatic carbocycles. The fourth-order valence-corrected chi connectivity index (χ4v) is 3.69. The topological polar surface area (TPSA) is 41.6 Å². The van der Waals surface area contributed by atoms with E-state index in [1.807, 2.05) is 78.9 Å². The maximum atomic E-state index is 13.1. The smallest absolute Gasteiger partial charge is 0.252 e. The van der Waals surface area contributed by atoms with Gasteiger partial charge in [-0.2, -0.15) is 0 Å². The lowest BCUT2D eigenvalue weighted by molar-refractivity contribution is 0.0342. The van der Waals surface area contributed by atoms with Crippen LogP contribution in [0.5, 0.6) is 0 Å². The fraction of sp³-hybridized carbons (Fsp3) is 0.240. The average Bonchev–Trinajstić information content (AvgIpc) is 2.79. The monoisotopic (exact) mass is 386 g/mol. The predicted molar refractivity (Wildman–Crippen MR) is 115 cm³/mol. The molecule has 1 aliphatic heterocycles. The van der Waals surface area contributed by atoms with Gasteiger partial charge in [0.15, 0.2) is 0 Å². The highest BCUT2D eigenvalue weighted by atomic mass is 16.5. The van der Waals surface area contributed by atoms with Crippen LogP contribution in [0.2, 0.25) is 0 Å². The van der Waals surface area contributed by atoms with E-state index in [0.717, 1.165) is 49.5 Å². The summed E-state index contributed by atoms with van der Waals surface area (Å²) in [5.41, 5.74) is 3.97. The first-order chi connectivity index (χ1) is 14.3. The van der Waals surface area contributed by atoms with Gasteiger partial charge < -0.3 is 10.1 Å². The lowest BCUT2D eigenvalue weighted by atomic mass is 9.98. The molecule has 0 radical (unpaired) electrons. The molecule has 0 atom stereocenters. The maximum Gasteiger partial charge on any atom is 0.252 e. The molecular weight excluding hydrogens is 360 g/mol. The number of nitrogens with zero attached hydrogens (tertiary/aromatic N) is 1. The van der Waals surface area contributed by atoms with Gasteiger partial charge in [0.1, 0.15) is 0 Å². The molecule has 29 heavy (non-hydrogen) atoms. The van der Waals surface area contributed by atoms with Gasteiger partial charge >= 0.3 is 0 Å². The maximum absolute atomic E-state index is 13.1. The van der Waals surface area contributed by atoms with E-state index in [1.54, 1.807) is 0 Å². The third kappa shape index (κ3) is 5.11. The summed E-state index contributed by atoms with van der Waals surface area (Å²) in [6.45, 7) is 4.25. The van der Waals surface area contributed by atoms with Crippen molar-refractivity contribution in [1.82, 2.24) is 10.2 Å². The Morgan fingerprint density at radius 2 is 1.48 bits per heavy atom. The third-order valence-electron chi connectivity index (χ3n) is 5.24. The Bertz CT molecular complexity index is 882.